The van der Waals surface area contributed by atoms with E-state index in [4.69, 9.17) is 0 Å². The van der Waals surface area contributed by atoms with Gasteiger partial charge < -0.3 is 9.88 Å². The van der Waals surface area contributed by atoms with Crippen LogP contribution in [0.2, 0.25) is 0 Å². The molecule has 1 aliphatic rings. The van der Waals surface area contributed by atoms with Crippen LogP contribution in [0, 0.1) is 0 Å². The number of nitrogens with one attached hydrogen (secondary N) is 1. The summed E-state index contributed by atoms with van der Waals surface area (Å²) in [6, 6.07) is 1.69. The van der Waals surface area contributed by atoms with Crippen LogP contribution in [0.15, 0.2) is 21.9 Å². The monoisotopic (exact) mass is 209 g/mol. The largest absolute Gasteiger partial charge is 0.330 e. The van der Waals surface area contributed by atoms with Crippen molar-refractivity contribution in [3.8, 4) is 0 Å². The molecule has 1 atom stereocenters. The normalized spacial score (nSPS) is 20.7. The summed E-state index contributed by atoms with van der Waals surface area (Å²) in [5.41, 5.74) is -0.456. The lowest BCUT2D eigenvalue weighted by Gasteiger charge is -2.12. The molecule has 5 heteroatoms. The first-order chi connectivity index (χ1) is 7.18. The number of hydrogen-bond donors (Lipinski definition) is 1. The van der Waals surface area contributed by atoms with Crippen molar-refractivity contribution in [1.82, 2.24) is 14.5 Å². The molecule has 5 nitrogen and oxygen atoms in total. The van der Waals surface area contributed by atoms with Crippen LogP contribution in [0.3, 0.4) is 0 Å². The second kappa shape index (κ2) is 4.02. The molecule has 1 fully saturated rings. The standard InChI is InChI=1S/C10H15N3O2/c1-12-6-4-9(14)13(10(12)15)7-8-3-2-5-11-8/h4,6,8,11H,2-3,5,7H2,1H3/t8-/m0/s1. The van der Waals surface area contributed by atoms with E-state index in [1.165, 1.54) is 21.4 Å². The van der Waals surface area contributed by atoms with Crippen LogP contribution in [0.1, 0.15) is 12.8 Å². The number of aromatic nitrogens is 2. The third-order valence-corrected chi connectivity index (χ3v) is 2.80. The van der Waals surface area contributed by atoms with Gasteiger partial charge in [0, 0.05) is 31.9 Å². The summed E-state index contributed by atoms with van der Waals surface area (Å²) >= 11 is 0. The van der Waals surface area contributed by atoms with Crippen LogP contribution in [0.25, 0.3) is 0 Å². The van der Waals surface area contributed by atoms with Crippen LogP contribution in [0.4, 0.5) is 0 Å². The zero-order valence-electron chi connectivity index (χ0n) is 8.77. The average Bonchev–Trinajstić information content (AvgIpc) is 2.71. The van der Waals surface area contributed by atoms with E-state index in [-0.39, 0.29) is 17.3 Å². The predicted octanol–water partition coefficient (Wildman–Crippen LogP) is -0.701. The van der Waals surface area contributed by atoms with E-state index in [0.717, 1.165) is 19.4 Å². The molecule has 1 aromatic rings. The Morgan fingerprint density at radius 3 is 3.00 bits per heavy atom. The molecule has 82 valence electrons. The molecule has 1 N–H and O–H groups in total. The highest BCUT2D eigenvalue weighted by Gasteiger charge is 2.16. The molecular weight excluding hydrogens is 194 g/mol. The molecule has 1 aliphatic heterocycles. The SMILES string of the molecule is Cn1ccc(=O)n(C[C@@H]2CCCN2)c1=O. The topological polar surface area (TPSA) is 56.0 Å². The Kier molecular flexibility index (Phi) is 2.73. The van der Waals surface area contributed by atoms with Crippen LogP contribution >= 0.6 is 0 Å². The summed E-state index contributed by atoms with van der Waals surface area (Å²) in [5.74, 6) is 0. The molecule has 15 heavy (non-hydrogen) atoms. The molecule has 0 aliphatic carbocycles. The zero-order valence-corrected chi connectivity index (χ0v) is 8.77. The van der Waals surface area contributed by atoms with Crippen molar-refractivity contribution in [1.29, 1.82) is 0 Å². The van der Waals surface area contributed by atoms with E-state index in [1.807, 2.05) is 0 Å². The lowest BCUT2D eigenvalue weighted by molar-refractivity contribution is 0.473. The van der Waals surface area contributed by atoms with Gasteiger partial charge in [0.1, 0.15) is 0 Å². The quantitative estimate of drug-likeness (QED) is 0.700. The molecule has 0 saturated carbocycles. The number of aryl methyl sites for hydroxylation is 1. The molecule has 0 aromatic carbocycles. The Morgan fingerprint density at radius 2 is 2.33 bits per heavy atom. The highest BCUT2D eigenvalue weighted by Crippen LogP contribution is 2.05. The molecule has 0 radical (unpaired) electrons. The van der Waals surface area contributed by atoms with Gasteiger partial charge >= 0.3 is 5.69 Å². The van der Waals surface area contributed by atoms with Crippen molar-refractivity contribution >= 4 is 0 Å². The minimum absolute atomic E-state index is 0.216. The van der Waals surface area contributed by atoms with Crippen LogP contribution < -0.4 is 16.6 Å². The summed E-state index contributed by atoms with van der Waals surface area (Å²) in [5, 5.41) is 3.27. The predicted molar refractivity (Wildman–Crippen MR) is 57.0 cm³/mol. The maximum Gasteiger partial charge on any atom is 0.330 e. The Hall–Kier alpha value is -1.36. The van der Waals surface area contributed by atoms with Crippen LogP contribution in [-0.2, 0) is 13.6 Å². The first kappa shape index (κ1) is 10.2. The van der Waals surface area contributed by atoms with E-state index in [2.05, 4.69) is 5.32 Å². The van der Waals surface area contributed by atoms with Crippen molar-refractivity contribution in [3.05, 3.63) is 33.1 Å². The summed E-state index contributed by atoms with van der Waals surface area (Å²) < 4.78 is 2.72. The van der Waals surface area contributed by atoms with Crippen LogP contribution in [-0.4, -0.2) is 21.7 Å². The Balaban J connectivity index is 2.30. The van der Waals surface area contributed by atoms with E-state index in [1.54, 1.807) is 7.05 Å². The van der Waals surface area contributed by atoms with Gasteiger partial charge in [-0.25, -0.2) is 4.79 Å². The van der Waals surface area contributed by atoms with Crippen molar-refractivity contribution in [3.63, 3.8) is 0 Å². The van der Waals surface area contributed by atoms with Gasteiger partial charge in [0.05, 0.1) is 0 Å². The maximum atomic E-state index is 11.7. The van der Waals surface area contributed by atoms with E-state index < -0.39 is 0 Å². The Bertz CT molecular complexity index is 454. The van der Waals surface area contributed by atoms with Gasteiger partial charge in [0.2, 0.25) is 0 Å². The molecule has 1 aromatic heterocycles. The fourth-order valence-electron chi connectivity index (χ4n) is 1.91. The summed E-state index contributed by atoms with van der Waals surface area (Å²) in [6.07, 6.45) is 3.65. The fourth-order valence-corrected chi connectivity index (χ4v) is 1.91. The van der Waals surface area contributed by atoms with Gasteiger partial charge in [0.25, 0.3) is 5.56 Å². The molecule has 0 spiro atoms. The van der Waals surface area contributed by atoms with Crippen LogP contribution in [0.5, 0.6) is 0 Å². The highest BCUT2D eigenvalue weighted by molar-refractivity contribution is 4.87. The van der Waals surface area contributed by atoms with Gasteiger partial charge in [-0.2, -0.15) is 0 Å². The lowest BCUT2D eigenvalue weighted by atomic mass is 10.2. The molecule has 0 amide bonds. The minimum atomic E-state index is -0.240. The van der Waals surface area contributed by atoms with Crippen molar-refractivity contribution in [2.45, 2.75) is 25.4 Å². The van der Waals surface area contributed by atoms with Crippen molar-refractivity contribution in [2.75, 3.05) is 6.54 Å². The summed E-state index contributed by atoms with van der Waals surface area (Å²) in [6.45, 7) is 1.46. The second-order valence-electron chi connectivity index (χ2n) is 3.95. The smallest absolute Gasteiger partial charge is 0.312 e. The van der Waals surface area contributed by atoms with Crippen molar-refractivity contribution in [2.24, 2.45) is 7.05 Å². The van der Waals surface area contributed by atoms with Crippen molar-refractivity contribution < 1.29 is 0 Å². The molecule has 0 bridgehead atoms. The lowest BCUT2D eigenvalue weighted by Crippen LogP contribution is -2.42. The summed E-state index contributed by atoms with van der Waals surface area (Å²) in [7, 11) is 1.65. The number of nitrogens with zero attached hydrogens (tertiary/aromatic N) is 2. The molecule has 1 saturated heterocycles. The van der Waals surface area contributed by atoms with Gasteiger partial charge in [-0.05, 0) is 19.4 Å². The molecule has 0 unspecified atom stereocenters. The highest BCUT2D eigenvalue weighted by atomic mass is 16.2. The van der Waals surface area contributed by atoms with Gasteiger partial charge in [-0.3, -0.25) is 9.36 Å². The second-order valence-corrected chi connectivity index (χ2v) is 3.95. The third-order valence-electron chi connectivity index (χ3n) is 2.80. The van der Waals surface area contributed by atoms with Gasteiger partial charge in [0.15, 0.2) is 0 Å². The fraction of sp³-hybridized carbons (Fsp3) is 0.600. The zero-order chi connectivity index (χ0) is 10.8. The molecular formula is C10H15N3O2. The van der Waals surface area contributed by atoms with E-state index in [9.17, 15) is 9.59 Å². The molecule has 2 rings (SSSR count). The van der Waals surface area contributed by atoms with E-state index in [0.29, 0.717) is 6.54 Å². The Labute approximate surface area is 87.3 Å². The Morgan fingerprint density at radius 1 is 1.53 bits per heavy atom. The minimum Gasteiger partial charge on any atom is -0.312 e. The molecule has 2 heterocycles. The number of hydrogen-bond acceptors (Lipinski definition) is 3. The van der Waals surface area contributed by atoms with E-state index >= 15 is 0 Å². The average molecular weight is 209 g/mol. The van der Waals surface area contributed by atoms with Gasteiger partial charge in [-0.1, -0.05) is 0 Å². The van der Waals surface area contributed by atoms with Gasteiger partial charge in [-0.15, -0.1) is 0 Å². The maximum absolute atomic E-state index is 11.7. The first-order valence-electron chi connectivity index (χ1n) is 5.18. The third kappa shape index (κ3) is 2.02. The number of rotatable bonds is 2. The summed E-state index contributed by atoms with van der Waals surface area (Å²) in [4.78, 5) is 23.2. The first-order valence-corrected chi connectivity index (χ1v) is 5.18.